The molecule has 0 saturated carbocycles. The molecular weight excluding hydrogens is 280 g/mol. The second-order valence-corrected chi connectivity index (χ2v) is 4.34. The Kier molecular flexibility index (Phi) is 7.19. The maximum absolute atomic E-state index is 11.7. The summed E-state index contributed by atoms with van der Waals surface area (Å²) in [5.41, 5.74) is 0.622. The molecule has 0 aliphatic carbocycles. The third-order valence-electron chi connectivity index (χ3n) is 2.76. The molecule has 1 aromatic rings. The van der Waals surface area contributed by atoms with Gasteiger partial charge in [0.15, 0.2) is 0 Å². The molecule has 0 spiro atoms. The van der Waals surface area contributed by atoms with Gasteiger partial charge in [-0.3, -0.25) is 0 Å². The predicted octanol–water partition coefficient (Wildman–Crippen LogP) is -0.634. The van der Waals surface area contributed by atoms with Crippen LogP contribution in [-0.2, 0) is 20.7 Å². The maximum Gasteiger partial charge on any atom is 0.326 e. The van der Waals surface area contributed by atoms with E-state index in [1.165, 1.54) is 26.7 Å². The van der Waals surface area contributed by atoms with E-state index >= 15 is 0 Å². The number of H-pyrrole nitrogens is 1. The van der Waals surface area contributed by atoms with Gasteiger partial charge in [-0.25, -0.2) is 14.6 Å². The third kappa shape index (κ3) is 6.23. The lowest BCUT2D eigenvalue weighted by molar-refractivity contribution is -0.139. The van der Waals surface area contributed by atoms with E-state index in [1.807, 2.05) is 0 Å². The zero-order valence-electron chi connectivity index (χ0n) is 12.0. The molecule has 0 fully saturated rings. The summed E-state index contributed by atoms with van der Waals surface area (Å²) in [5, 5.41) is 14.0. The van der Waals surface area contributed by atoms with E-state index in [0.29, 0.717) is 12.3 Å². The molecule has 0 aromatic carbocycles. The molecule has 1 rings (SSSR count). The van der Waals surface area contributed by atoms with E-state index in [1.54, 1.807) is 0 Å². The molecule has 0 radical (unpaired) electrons. The zero-order chi connectivity index (χ0) is 15.7. The van der Waals surface area contributed by atoms with Crippen molar-refractivity contribution < 1.29 is 24.2 Å². The minimum atomic E-state index is -1.13. The van der Waals surface area contributed by atoms with Crippen LogP contribution in [0.15, 0.2) is 12.5 Å². The molecule has 0 aliphatic heterocycles. The van der Waals surface area contributed by atoms with Gasteiger partial charge >= 0.3 is 12.0 Å². The average Bonchev–Trinajstić information content (AvgIpc) is 2.95. The molecule has 1 heterocycles. The number of carbonyl (C=O) groups excluding carboxylic acids is 1. The summed E-state index contributed by atoms with van der Waals surface area (Å²) in [6, 6.07) is -1.63. The lowest BCUT2D eigenvalue weighted by atomic mass is 10.2. The molecule has 0 bridgehead atoms. The van der Waals surface area contributed by atoms with E-state index in [0.717, 1.165) is 0 Å². The predicted molar refractivity (Wildman–Crippen MR) is 72.9 cm³/mol. The normalized spacial score (nSPS) is 13.4. The quantitative estimate of drug-likeness (QED) is 0.481. The SMILES string of the molecule is COCC(CNC(=O)N[C@H](Cc1cnc[nH]1)C(=O)O)OC. The number of aliphatic carboxylic acids is 1. The van der Waals surface area contributed by atoms with Crippen molar-refractivity contribution in [2.45, 2.75) is 18.6 Å². The lowest BCUT2D eigenvalue weighted by Crippen LogP contribution is -2.49. The first-order valence-corrected chi connectivity index (χ1v) is 6.33. The van der Waals surface area contributed by atoms with Crippen LogP contribution >= 0.6 is 0 Å². The second-order valence-electron chi connectivity index (χ2n) is 4.34. The highest BCUT2D eigenvalue weighted by Gasteiger charge is 2.21. The number of imidazole rings is 1. The summed E-state index contributed by atoms with van der Waals surface area (Å²) < 4.78 is 10.00. The molecule has 0 aliphatic rings. The highest BCUT2D eigenvalue weighted by Crippen LogP contribution is 1.99. The molecule has 1 aromatic heterocycles. The number of carboxylic acid groups (broad SMARTS) is 1. The van der Waals surface area contributed by atoms with Gasteiger partial charge in [0, 0.05) is 39.1 Å². The van der Waals surface area contributed by atoms with Crippen LogP contribution in [0.5, 0.6) is 0 Å². The van der Waals surface area contributed by atoms with Crippen molar-refractivity contribution in [1.29, 1.82) is 0 Å². The van der Waals surface area contributed by atoms with E-state index in [9.17, 15) is 9.59 Å². The fourth-order valence-electron chi connectivity index (χ4n) is 1.63. The van der Waals surface area contributed by atoms with Crippen LogP contribution in [0.1, 0.15) is 5.69 Å². The summed E-state index contributed by atoms with van der Waals surface area (Å²) in [6.45, 7) is 0.542. The van der Waals surface area contributed by atoms with Gasteiger partial charge in [0.2, 0.25) is 0 Å². The molecule has 2 amide bonds. The van der Waals surface area contributed by atoms with Gasteiger partial charge in [0.25, 0.3) is 0 Å². The summed E-state index contributed by atoms with van der Waals surface area (Å²) in [4.78, 5) is 29.4. The minimum Gasteiger partial charge on any atom is -0.480 e. The number of urea groups is 1. The number of aromatic amines is 1. The highest BCUT2D eigenvalue weighted by molar-refractivity contribution is 5.82. The summed E-state index contributed by atoms with van der Waals surface area (Å²) >= 11 is 0. The molecule has 21 heavy (non-hydrogen) atoms. The molecular formula is C12H20N4O5. The maximum atomic E-state index is 11.7. The highest BCUT2D eigenvalue weighted by atomic mass is 16.5. The van der Waals surface area contributed by atoms with Gasteiger partial charge in [0.1, 0.15) is 6.04 Å². The van der Waals surface area contributed by atoms with Crippen LogP contribution in [0.3, 0.4) is 0 Å². The Labute approximate surface area is 122 Å². The molecule has 9 nitrogen and oxygen atoms in total. The molecule has 9 heteroatoms. The van der Waals surface area contributed by atoms with Crippen LogP contribution in [0.25, 0.3) is 0 Å². The monoisotopic (exact) mass is 300 g/mol. The summed E-state index contributed by atoms with van der Waals surface area (Å²) in [5.74, 6) is -1.13. The number of rotatable bonds is 9. The molecule has 0 saturated heterocycles. The number of methoxy groups -OCH3 is 2. The fraction of sp³-hybridized carbons (Fsp3) is 0.583. The van der Waals surface area contributed by atoms with Crippen molar-refractivity contribution in [2.24, 2.45) is 0 Å². The molecule has 2 atom stereocenters. The van der Waals surface area contributed by atoms with E-state index in [-0.39, 0.29) is 19.1 Å². The molecule has 4 N–H and O–H groups in total. The van der Waals surface area contributed by atoms with E-state index in [2.05, 4.69) is 20.6 Å². The number of hydrogen-bond acceptors (Lipinski definition) is 5. The van der Waals surface area contributed by atoms with Crippen molar-refractivity contribution in [2.75, 3.05) is 27.4 Å². The summed E-state index contributed by atoms with van der Waals surface area (Å²) in [6.07, 6.45) is 2.78. The van der Waals surface area contributed by atoms with Crippen LogP contribution in [0.4, 0.5) is 4.79 Å². The second kappa shape index (κ2) is 8.93. The van der Waals surface area contributed by atoms with Crippen LogP contribution in [0, 0.1) is 0 Å². The van der Waals surface area contributed by atoms with E-state index < -0.39 is 18.0 Å². The number of nitrogens with zero attached hydrogens (tertiary/aromatic N) is 1. The van der Waals surface area contributed by atoms with Crippen LogP contribution in [-0.4, -0.2) is 66.6 Å². The number of aromatic nitrogens is 2. The Morgan fingerprint density at radius 1 is 1.48 bits per heavy atom. The lowest BCUT2D eigenvalue weighted by Gasteiger charge is -2.17. The minimum absolute atomic E-state index is 0.120. The fourth-order valence-corrected chi connectivity index (χ4v) is 1.63. The Balaban J connectivity index is 2.43. The Morgan fingerprint density at radius 2 is 2.24 bits per heavy atom. The van der Waals surface area contributed by atoms with Gasteiger partial charge in [0.05, 0.1) is 19.0 Å². The number of hydrogen-bond donors (Lipinski definition) is 4. The number of ether oxygens (including phenoxy) is 2. The van der Waals surface area contributed by atoms with Crippen molar-refractivity contribution in [1.82, 2.24) is 20.6 Å². The first-order chi connectivity index (χ1) is 10.1. The van der Waals surface area contributed by atoms with E-state index in [4.69, 9.17) is 14.6 Å². The van der Waals surface area contributed by atoms with Crippen LogP contribution < -0.4 is 10.6 Å². The molecule has 1 unspecified atom stereocenters. The number of carboxylic acids is 1. The number of carbonyl (C=O) groups is 2. The van der Waals surface area contributed by atoms with Crippen molar-refractivity contribution in [3.05, 3.63) is 18.2 Å². The largest absolute Gasteiger partial charge is 0.480 e. The smallest absolute Gasteiger partial charge is 0.326 e. The number of amides is 2. The summed E-state index contributed by atoms with van der Waals surface area (Å²) in [7, 11) is 3.03. The van der Waals surface area contributed by atoms with Crippen molar-refractivity contribution >= 4 is 12.0 Å². The van der Waals surface area contributed by atoms with Gasteiger partial charge in [-0.1, -0.05) is 0 Å². The zero-order valence-corrected chi connectivity index (χ0v) is 12.0. The van der Waals surface area contributed by atoms with Gasteiger partial charge in [-0.2, -0.15) is 0 Å². The topological polar surface area (TPSA) is 126 Å². The molecule has 118 valence electrons. The van der Waals surface area contributed by atoms with Gasteiger partial charge in [-0.05, 0) is 0 Å². The first kappa shape index (κ1) is 16.9. The first-order valence-electron chi connectivity index (χ1n) is 6.33. The van der Waals surface area contributed by atoms with Gasteiger partial charge in [-0.15, -0.1) is 0 Å². The van der Waals surface area contributed by atoms with Gasteiger partial charge < -0.3 is 30.2 Å². The van der Waals surface area contributed by atoms with Crippen LogP contribution in [0.2, 0.25) is 0 Å². The Hall–Kier alpha value is -2.13. The van der Waals surface area contributed by atoms with Crippen molar-refractivity contribution in [3.63, 3.8) is 0 Å². The average molecular weight is 300 g/mol. The standard InChI is InChI=1S/C12H20N4O5/c1-20-6-9(21-2)5-14-12(19)16-10(11(17)18)3-8-4-13-7-15-8/h4,7,9-10H,3,5-6H2,1-2H3,(H,13,15)(H,17,18)(H2,14,16,19)/t9?,10-/m1/s1. The van der Waals surface area contributed by atoms with Crippen molar-refractivity contribution in [3.8, 4) is 0 Å². The Bertz CT molecular complexity index is 437. The Morgan fingerprint density at radius 3 is 2.76 bits per heavy atom. The third-order valence-corrected chi connectivity index (χ3v) is 2.76. The number of nitrogens with one attached hydrogen (secondary N) is 3.